The van der Waals surface area contributed by atoms with Crippen molar-refractivity contribution in [2.24, 2.45) is 0 Å². The second-order valence-corrected chi connectivity index (χ2v) is 14.5. The summed E-state index contributed by atoms with van der Waals surface area (Å²) in [5.41, 5.74) is -0.822. The first-order valence-corrected chi connectivity index (χ1v) is 16.7. The molecular formula is C27H32ClF2N3O5S2. The molecule has 2 heterocycles. The van der Waals surface area contributed by atoms with Gasteiger partial charge in [-0.25, -0.2) is 25.6 Å². The zero-order valence-electron chi connectivity index (χ0n) is 22.2. The van der Waals surface area contributed by atoms with Gasteiger partial charge in [0.2, 0.25) is 10.0 Å². The van der Waals surface area contributed by atoms with Crippen molar-refractivity contribution in [2.45, 2.75) is 49.2 Å². The summed E-state index contributed by atoms with van der Waals surface area (Å²) in [4.78, 5) is 14.8. The maximum absolute atomic E-state index is 15.6. The van der Waals surface area contributed by atoms with Crippen molar-refractivity contribution in [2.75, 3.05) is 37.3 Å². The van der Waals surface area contributed by atoms with E-state index in [1.165, 1.54) is 31.2 Å². The Morgan fingerprint density at radius 1 is 1.02 bits per heavy atom. The van der Waals surface area contributed by atoms with Crippen LogP contribution in [0.4, 0.5) is 14.5 Å². The van der Waals surface area contributed by atoms with Crippen molar-refractivity contribution in [3.8, 4) is 11.1 Å². The van der Waals surface area contributed by atoms with Gasteiger partial charge in [0.15, 0.2) is 15.5 Å². The van der Waals surface area contributed by atoms with E-state index in [1.54, 1.807) is 12.1 Å². The summed E-state index contributed by atoms with van der Waals surface area (Å²) >= 11 is 6.35. The van der Waals surface area contributed by atoms with E-state index in [-0.39, 0.29) is 35.8 Å². The molecule has 1 amide bonds. The van der Waals surface area contributed by atoms with Gasteiger partial charge >= 0.3 is 0 Å². The zero-order valence-corrected chi connectivity index (χ0v) is 24.6. The van der Waals surface area contributed by atoms with Gasteiger partial charge in [-0.15, -0.1) is 0 Å². The van der Waals surface area contributed by atoms with E-state index in [9.17, 15) is 26.0 Å². The Bertz CT molecular complexity index is 1520. The molecule has 0 aromatic heterocycles. The Morgan fingerprint density at radius 2 is 1.68 bits per heavy atom. The van der Waals surface area contributed by atoms with Gasteiger partial charge < -0.3 is 10.2 Å². The molecule has 1 atom stereocenters. The number of hydrogen-bond acceptors (Lipinski definition) is 6. The van der Waals surface area contributed by atoms with Gasteiger partial charge in [-0.05, 0) is 56.2 Å². The topological polar surface area (TPSA) is 104 Å². The molecule has 0 aliphatic carbocycles. The lowest BCUT2D eigenvalue weighted by atomic mass is 9.93. The highest BCUT2D eigenvalue weighted by molar-refractivity contribution is 7.93. The van der Waals surface area contributed by atoms with Gasteiger partial charge in [0, 0.05) is 73.5 Å². The van der Waals surface area contributed by atoms with E-state index in [2.05, 4.69) is 10.2 Å². The number of sulfone groups is 1. The summed E-state index contributed by atoms with van der Waals surface area (Å²) in [6, 6.07) is 7.99. The van der Waals surface area contributed by atoms with E-state index in [0.29, 0.717) is 11.1 Å². The minimum absolute atomic E-state index is 0.0423. The fourth-order valence-corrected chi connectivity index (χ4v) is 7.34. The van der Waals surface area contributed by atoms with Crippen LogP contribution in [0.1, 0.15) is 32.6 Å². The Hall–Kier alpha value is -2.54. The molecule has 0 saturated carbocycles. The van der Waals surface area contributed by atoms with Crippen molar-refractivity contribution in [1.82, 2.24) is 9.62 Å². The highest BCUT2D eigenvalue weighted by Crippen LogP contribution is 2.39. The number of amides is 1. The molecule has 2 saturated heterocycles. The molecule has 2 aromatic carbocycles. The molecule has 218 valence electrons. The number of carbonyl (C=O) groups is 1. The number of rotatable bonds is 8. The summed E-state index contributed by atoms with van der Waals surface area (Å²) in [5, 5.41) is 3.43. The molecule has 2 fully saturated rings. The molecule has 2 aromatic rings. The van der Waals surface area contributed by atoms with Crippen LogP contribution < -0.4 is 10.2 Å². The fraction of sp³-hybridized carbons (Fsp3) is 0.444. The summed E-state index contributed by atoms with van der Waals surface area (Å²) in [6.07, 6.45) is 3.53. The van der Waals surface area contributed by atoms with E-state index in [4.69, 9.17) is 11.6 Å². The minimum atomic E-state index is -4.15. The van der Waals surface area contributed by atoms with Crippen molar-refractivity contribution >= 4 is 43.1 Å². The number of benzene rings is 2. The average Bonchev–Trinajstić information content (AvgIpc) is 3.42. The van der Waals surface area contributed by atoms with Crippen LogP contribution in [0.25, 0.3) is 11.1 Å². The molecule has 2 aliphatic heterocycles. The van der Waals surface area contributed by atoms with Crippen LogP contribution in [0.5, 0.6) is 0 Å². The summed E-state index contributed by atoms with van der Waals surface area (Å²) in [5.74, 6) is -1.48. The van der Waals surface area contributed by atoms with E-state index in [1.807, 2.05) is 0 Å². The van der Waals surface area contributed by atoms with Crippen LogP contribution in [-0.4, -0.2) is 71.2 Å². The van der Waals surface area contributed by atoms with E-state index in [0.717, 1.165) is 53.7 Å². The fourth-order valence-electron chi connectivity index (χ4n) is 4.93. The molecule has 0 spiro atoms. The highest BCUT2D eigenvalue weighted by Gasteiger charge is 2.45. The number of sulfonamides is 1. The van der Waals surface area contributed by atoms with Crippen molar-refractivity contribution < 1.29 is 30.4 Å². The van der Waals surface area contributed by atoms with E-state index < -0.39 is 43.3 Å². The number of nitrogens with zero attached hydrogens (tertiary/aromatic N) is 2. The number of halogens is 3. The second kappa shape index (κ2) is 11.8. The van der Waals surface area contributed by atoms with Gasteiger partial charge in [-0.1, -0.05) is 17.7 Å². The molecule has 2 aliphatic rings. The molecule has 0 radical (unpaired) electrons. The van der Waals surface area contributed by atoms with Gasteiger partial charge in [0.1, 0.15) is 5.82 Å². The molecule has 13 heteroatoms. The van der Waals surface area contributed by atoms with Crippen LogP contribution in [0.3, 0.4) is 0 Å². The molecule has 4 rings (SSSR count). The number of piperidine rings is 1. The molecule has 1 N–H and O–H groups in total. The second-order valence-electron chi connectivity index (χ2n) is 10.3. The lowest BCUT2D eigenvalue weighted by Gasteiger charge is -2.35. The molecule has 0 unspecified atom stereocenters. The summed E-state index contributed by atoms with van der Waals surface area (Å²) in [6.45, 7) is 2.68. The van der Waals surface area contributed by atoms with Crippen LogP contribution in [-0.2, 0) is 24.7 Å². The van der Waals surface area contributed by atoms with Gasteiger partial charge in [-0.2, -0.15) is 4.31 Å². The third-order valence-electron chi connectivity index (χ3n) is 7.17. The number of carbonyl (C=O) groups excluding carboxylic acids is 1. The smallest absolute Gasteiger partial charge is 0.258 e. The summed E-state index contributed by atoms with van der Waals surface area (Å²) < 4.78 is 80.8. The van der Waals surface area contributed by atoms with E-state index >= 15 is 4.39 Å². The standard InChI is InChI=1S/C27H32ClF2N3O5S2/c1-19(9-16-39(2,35)36)31-26(34)27(30)10-14-33(15-11-27)40(37,38)25-8-6-21(32-12-3-4-13-32)18-23(25)22-7-5-20(29)17-24(22)28/h5-9,16-19H,3-4,10-15H2,1-2H3,(H,31,34)/b16-9-/t19-/m1/s1. The Morgan fingerprint density at radius 3 is 2.27 bits per heavy atom. The average molecular weight is 616 g/mol. The third kappa shape index (κ3) is 6.84. The lowest BCUT2D eigenvalue weighted by molar-refractivity contribution is -0.135. The number of nitrogens with one attached hydrogen (secondary N) is 1. The van der Waals surface area contributed by atoms with Gasteiger partial charge in [-0.3, -0.25) is 4.79 Å². The van der Waals surface area contributed by atoms with Crippen LogP contribution >= 0.6 is 11.6 Å². The lowest BCUT2D eigenvalue weighted by Crippen LogP contribution is -2.53. The number of anilines is 1. The highest BCUT2D eigenvalue weighted by atomic mass is 35.5. The Labute approximate surface area is 239 Å². The van der Waals surface area contributed by atoms with Crippen LogP contribution in [0, 0.1) is 5.82 Å². The maximum atomic E-state index is 15.6. The SMILES string of the molecule is C[C@H](/C=C\S(C)(=O)=O)NC(=O)C1(F)CCN(S(=O)(=O)c2ccc(N3CCCC3)cc2-c2ccc(F)cc2Cl)CC1. The molecule has 40 heavy (non-hydrogen) atoms. The molecule has 8 nitrogen and oxygen atoms in total. The van der Waals surface area contributed by atoms with Crippen LogP contribution in [0.15, 0.2) is 52.8 Å². The monoisotopic (exact) mass is 615 g/mol. The third-order valence-corrected chi connectivity index (χ3v) is 10.1. The Balaban J connectivity index is 1.58. The molecule has 0 bridgehead atoms. The number of alkyl halides is 1. The zero-order chi connectivity index (χ0) is 29.3. The van der Waals surface area contributed by atoms with Gasteiger partial charge in [0.25, 0.3) is 5.91 Å². The maximum Gasteiger partial charge on any atom is 0.258 e. The summed E-state index contributed by atoms with van der Waals surface area (Å²) in [7, 11) is -7.56. The van der Waals surface area contributed by atoms with Crippen molar-refractivity contribution in [3.05, 3.63) is 58.7 Å². The van der Waals surface area contributed by atoms with Crippen molar-refractivity contribution in [3.63, 3.8) is 0 Å². The quantitative estimate of drug-likeness (QED) is 0.475. The first-order chi connectivity index (χ1) is 18.7. The predicted octanol–water partition coefficient (Wildman–Crippen LogP) is 4.30. The molecular weight excluding hydrogens is 584 g/mol. The van der Waals surface area contributed by atoms with Gasteiger partial charge in [0.05, 0.1) is 9.92 Å². The predicted molar refractivity (Wildman–Crippen MR) is 152 cm³/mol. The largest absolute Gasteiger partial charge is 0.372 e. The first-order valence-electron chi connectivity index (χ1n) is 12.9. The minimum Gasteiger partial charge on any atom is -0.372 e. The van der Waals surface area contributed by atoms with Crippen LogP contribution in [0.2, 0.25) is 5.02 Å². The normalized spacial score (nSPS) is 19.2. The number of hydrogen-bond donors (Lipinski definition) is 1. The van der Waals surface area contributed by atoms with Crippen molar-refractivity contribution in [1.29, 1.82) is 0 Å². The first kappa shape index (κ1) is 30.4. The Kier molecular flexibility index (Phi) is 8.94.